The molecule has 108 valence electrons. The normalized spacial score (nSPS) is 14.4. The molecule has 0 spiro atoms. The highest BCUT2D eigenvalue weighted by Gasteiger charge is 2.21. The van der Waals surface area contributed by atoms with Gasteiger partial charge in [-0.2, -0.15) is 0 Å². The Labute approximate surface area is 125 Å². The van der Waals surface area contributed by atoms with Crippen LogP contribution >= 0.6 is 0 Å². The number of hydrogen-bond donors (Lipinski definition) is 1. The van der Waals surface area contributed by atoms with E-state index < -0.39 is 0 Å². The first-order valence-corrected chi connectivity index (χ1v) is 7.38. The molecule has 1 aliphatic heterocycles. The lowest BCUT2D eigenvalue weighted by atomic mass is 10.0. The molecule has 3 rings (SSSR count). The van der Waals surface area contributed by atoms with Crippen molar-refractivity contribution in [1.29, 1.82) is 0 Å². The zero-order valence-electron chi connectivity index (χ0n) is 12.3. The van der Waals surface area contributed by atoms with Crippen molar-refractivity contribution in [3.8, 4) is 0 Å². The highest BCUT2D eigenvalue weighted by atomic mass is 16.2. The molecule has 2 N–H and O–H groups in total. The van der Waals surface area contributed by atoms with E-state index in [0.29, 0.717) is 5.69 Å². The number of nitrogens with two attached hydrogens (primary N) is 1. The van der Waals surface area contributed by atoms with Gasteiger partial charge in [0.1, 0.15) is 0 Å². The summed E-state index contributed by atoms with van der Waals surface area (Å²) in [6.45, 7) is 3.45. The predicted molar refractivity (Wildman–Crippen MR) is 85.3 cm³/mol. The quantitative estimate of drug-likeness (QED) is 0.816. The molecule has 0 unspecified atom stereocenters. The maximum absolute atomic E-state index is 12.7. The van der Waals surface area contributed by atoms with Crippen LogP contribution in [0.15, 0.2) is 42.5 Å². The molecule has 1 amide bonds. The minimum Gasteiger partial charge on any atom is -0.398 e. The molecule has 1 heterocycles. The monoisotopic (exact) mass is 280 g/mol. The summed E-state index contributed by atoms with van der Waals surface area (Å²) in [5.74, 6) is 0.0904. The molecule has 3 heteroatoms. The number of benzene rings is 2. The van der Waals surface area contributed by atoms with Crippen LogP contribution in [0.25, 0.3) is 0 Å². The van der Waals surface area contributed by atoms with Crippen molar-refractivity contribution in [3.63, 3.8) is 0 Å². The highest BCUT2D eigenvalue weighted by molar-refractivity contribution is 5.97. The van der Waals surface area contributed by atoms with Gasteiger partial charge in [-0.25, -0.2) is 0 Å². The van der Waals surface area contributed by atoms with Gasteiger partial charge in [0.15, 0.2) is 0 Å². The maximum atomic E-state index is 12.7. The second-order valence-corrected chi connectivity index (χ2v) is 5.58. The maximum Gasteiger partial charge on any atom is 0.254 e. The SMILES string of the molecule is Cc1c(N)cccc1C(=O)N1CCc2ccccc2CC1. The second-order valence-electron chi connectivity index (χ2n) is 5.58. The molecule has 1 aliphatic rings. The molecule has 0 aliphatic carbocycles. The van der Waals surface area contributed by atoms with Crippen molar-refractivity contribution in [3.05, 3.63) is 64.7 Å². The minimum absolute atomic E-state index is 0.0904. The summed E-state index contributed by atoms with van der Waals surface area (Å²) in [6, 6.07) is 14.0. The Bertz CT molecular complexity index is 652. The van der Waals surface area contributed by atoms with Crippen molar-refractivity contribution in [2.24, 2.45) is 0 Å². The zero-order chi connectivity index (χ0) is 14.8. The van der Waals surface area contributed by atoms with Crippen LogP contribution in [0.4, 0.5) is 5.69 Å². The lowest BCUT2D eigenvalue weighted by molar-refractivity contribution is 0.0762. The number of carbonyl (C=O) groups excluding carboxylic acids is 1. The van der Waals surface area contributed by atoms with Crippen LogP contribution in [0, 0.1) is 6.92 Å². The summed E-state index contributed by atoms with van der Waals surface area (Å²) < 4.78 is 0. The molecular weight excluding hydrogens is 260 g/mol. The first-order chi connectivity index (χ1) is 10.2. The summed E-state index contributed by atoms with van der Waals surface area (Å²) in [5, 5.41) is 0. The summed E-state index contributed by atoms with van der Waals surface area (Å²) in [6.07, 6.45) is 1.84. The first kappa shape index (κ1) is 13.7. The molecule has 0 radical (unpaired) electrons. The number of nitrogen functional groups attached to an aromatic ring is 1. The van der Waals surface area contributed by atoms with Crippen LogP contribution in [-0.2, 0) is 12.8 Å². The smallest absolute Gasteiger partial charge is 0.254 e. The van der Waals surface area contributed by atoms with E-state index in [1.807, 2.05) is 30.0 Å². The highest BCUT2D eigenvalue weighted by Crippen LogP contribution is 2.20. The van der Waals surface area contributed by atoms with Gasteiger partial charge >= 0.3 is 0 Å². The number of carbonyl (C=O) groups is 1. The van der Waals surface area contributed by atoms with Crippen LogP contribution in [-0.4, -0.2) is 23.9 Å². The molecule has 0 bridgehead atoms. The van der Waals surface area contributed by atoms with Gasteiger partial charge in [0.25, 0.3) is 5.91 Å². The fourth-order valence-electron chi connectivity index (χ4n) is 2.93. The molecule has 3 nitrogen and oxygen atoms in total. The number of amides is 1. The predicted octanol–water partition coefficient (Wildman–Crippen LogP) is 2.82. The lowest BCUT2D eigenvalue weighted by Gasteiger charge is -2.21. The summed E-state index contributed by atoms with van der Waals surface area (Å²) in [7, 11) is 0. The summed E-state index contributed by atoms with van der Waals surface area (Å²) in [4.78, 5) is 14.7. The molecule has 0 saturated carbocycles. The molecule has 21 heavy (non-hydrogen) atoms. The Morgan fingerprint density at radius 3 is 2.24 bits per heavy atom. The third-order valence-electron chi connectivity index (χ3n) is 4.31. The van der Waals surface area contributed by atoms with Gasteiger partial charge in [-0.15, -0.1) is 0 Å². The van der Waals surface area contributed by atoms with Crippen molar-refractivity contribution in [1.82, 2.24) is 4.90 Å². The van der Waals surface area contributed by atoms with Crippen molar-refractivity contribution in [2.75, 3.05) is 18.8 Å². The average molecular weight is 280 g/mol. The van der Waals surface area contributed by atoms with Crippen LogP contribution in [0.3, 0.4) is 0 Å². The van der Waals surface area contributed by atoms with Crippen LogP contribution < -0.4 is 5.73 Å². The van der Waals surface area contributed by atoms with Gasteiger partial charge in [-0.3, -0.25) is 4.79 Å². The number of fused-ring (bicyclic) bond motifs is 1. The van der Waals surface area contributed by atoms with E-state index in [0.717, 1.165) is 37.1 Å². The lowest BCUT2D eigenvalue weighted by Crippen LogP contribution is -2.33. The van der Waals surface area contributed by atoms with E-state index in [9.17, 15) is 4.79 Å². The van der Waals surface area contributed by atoms with Gasteiger partial charge in [-0.05, 0) is 48.6 Å². The van der Waals surface area contributed by atoms with Crippen molar-refractivity contribution >= 4 is 11.6 Å². The number of hydrogen-bond acceptors (Lipinski definition) is 2. The molecule has 0 saturated heterocycles. The third kappa shape index (κ3) is 2.64. The molecule has 0 fully saturated rings. The Morgan fingerprint density at radius 2 is 1.62 bits per heavy atom. The van der Waals surface area contributed by atoms with E-state index in [4.69, 9.17) is 5.73 Å². The van der Waals surface area contributed by atoms with Gasteiger partial charge in [0.05, 0.1) is 0 Å². The molecule has 0 aromatic heterocycles. The van der Waals surface area contributed by atoms with Gasteiger partial charge in [0.2, 0.25) is 0 Å². The van der Waals surface area contributed by atoms with Gasteiger partial charge in [0, 0.05) is 24.3 Å². The largest absolute Gasteiger partial charge is 0.398 e. The van der Waals surface area contributed by atoms with Crippen LogP contribution in [0.2, 0.25) is 0 Å². The third-order valence-corrected chi connectivity index (χ3v) is 4.31. The van der Waals surface area contributed by atoms with Crippen LogP contribution in [0.5, 0.6) is 0 Å². The zero-order valence-corrected chi connectivity index (χ0v) is 12.3. The van der Waals surface area contributed by atoms with E-state index in [1.54, 1.807) is 0 Å². The Morgan fingerprint density at radius 1 is 1.00 bits per heavy atom. The molecular formula is C18H20N2O. The Hall–Kier alpha value is -2.29. The fourth-order valence-corrected chi connectivity index (χ4v) is 2.93. The van der Waals surface area contributed by atoms with E-state index in [1.165, 1.54) is 11.1 Å². The van der Waals surface area contributed by atoms with E-state index in [2.05, 4.69) is 24.3 Å². The standard InChI is InChI=1S/C18H20N2O/c1-13-16(7-4-8-17(13)19)18(21)20-11-9-14-5-2-3-6-15(14)10-12-20/h2-8H,9-12,19H2,1H3. The minimum atomic E-state index is 0.0904. The summed E-state index contributed by atoms with van der Waals surface area (Å²) >= 11 is 0. The molecule has 2 aromatic rings. The topological polar surface area (TPSA) is 46.3 Å². The van der Waals surface area contributed by atoms with Gasteiger partial charge < -0.3 is 10.6 Å². The van der Waals surface area contributed by atoms with Crippen LogP contribution in [0.1, 0.15) is 27.0 Å². The second kappa shape index (κ2) is 5.60. The number of rotatable bonds is 1. The van der Waals surface area contributed by atoms with Crippen molar-refractivity contribution in [2.45, 2.75) is 19.8 Å². The Kier molecular flexibility index (Phi) is 3.65. The van der Waals surface area contributed by atoms with Gasteiger partial charge in [-0.1, -0.05) is 30.3 Å². The molecule has 0 atom stereocenters. The number of anilines is 1. The molecule has 2 aromatic carbocycles. The van der Waals surface area contributed by atoms with Crippen molar-refractivity contribution < 1.29 is 4.79 Å². The first-order valence-electron chi connectivity index (χ1n) is 7.38. The van der Waals surface area contributed by atoms with E-state index in [-0.39, 0.29) is 5.91 Å². The summed E-state index contributed by atoms with van der Waals surface area (Å²) in [5.41, 5.74) is 10.9. The fraction of sp³-hybridized carbons (Fsp3) is 0.278. The Balaban J connectivity index is 1.83. The van der Waals surface area contributed by atoms with E-state index >= 15 is 0 Å². The number of nitrogens with zero attached hydrogens (tertiary/aromatic N) is 1. The average Bonchev–Trinajstić information content (AvgIpc) is 2.72.